The molecule has 0 aliphatic carbocycles. The van der Waals surface area contributed by atoms with E-state index in [1.165, 1.54) is 0 Å². The Morgan fingerprint density at radius 2 is 1.76 bits per heavy atom. The van der Waals surface area contributed by atoms with Gasteiger partial charge in [0.25, 0.3) is 0 Å². The molecular formula is C16H9Br2NO2. The number of hydrogen-bond acceptors (Lipinski definition) is 3. The van der Waals surface area contributed by atoms with Crippen LogP contribution in [0.3, 0.4) is 0 Å². The lowest BCUT2D eigenvalue weighted by atomic mass is 10.2. The van der Waals surface area contributed by atoms with Crippen molar-refractivity contribution in [3.8, 4) is 0 Å². The molecule has 0 unspecified atom stereocenters. The Labute approximate surface area is 138 Å². The smallest absolute Gasteiger partial charge is 0.363 e. The van der Waals surface area contributed by atoms with E-state index in [0.29, 0.717) is 11.6 Å². The van der Waals surface area contributed by atoms with Crippen LogP contribution < -0.4 is 0 Å². The number of hydrogen-bond donors (Lipinski definition) is 0. The van der Waals surface area contributed by atoms with Crippen molar-refractivity contribution in [3.05, 3.63) is 74.3 Å². The fourth-order valence-electron chi connectivity index (χ4n) is 1.87. The van der Waals surface area contributed by atoms with Gasteiger partial charge < -0.3 is 4.74 Å². The average Bonchev–Trinajstić information content (AvgIpc) is 2.83. The third-order valence-electron chi connectivity index (χ3n) is 2.87. The Balaban J connectivity index is 1.93. The first-order valence-electron chi connectivity index (χ1n) is 6.16. The zero-order valence-corrected chi connectivity index (χ0v) is 13.9. The lowest BCUT2D eigenvalue weighted by Gasteiger charge is -1.99. The number of ether oxygens (including phenoxy) is 1. The minimum absolute atomic E-state index is 0.298. The van der Waals surface area contributed by atoms with Gasteiger partial charge in [-0.3, -0.25) is 0 Å². The first-order valence-corrected chi connectivity index (χ1v) is 7.74. The number of benzene rings is 2. The molecule has 0 atom stereocenters. The first-order chi connectivity index (χ1) is 10.1. The fourth-order valence-corrected chi connectivity index (χ4v) is 2.53. The summed E-state index contributed by atoms with van der Waals surface area (Å²) in [4.78, 5) is 16.2. The monoisotopic (exact) mass is 405 g/mol. The number of esters is 1. The normalized spacial score (nSPS) is 16.0. The lowest BCUT2D eigenvalue weighted by Crippen LogP contribution is -2.05. The van der Waals surface area contributed by atoms with Gasteiger partial charge in [0.1, 0.15) is 0 Å². The molecule has 0 fully saturated rings. The summed E-state index contributed by atoms with van der Waals surface area (Å²) in [7, 11) is 0. The molecule has 3 rings (SSSR count). The molecule has 104 valence electrons. The Morgan fingerprint density at radius 1 is 1.00 bits per heavy atom. The van der Waals surface area contributed by atoms with Crippen LogP contribution in [0.1, 0.15) is 11.1 Å². The van der Waals surface area contributed by atoms with Crippen LogP contribution in [0.15, 0.2) is 68.2 Å². The predicted molar refractivity (Wildman–Crippen MR) is 88.9 cm³/mol. The van der Waals surface area contributed by atoms with Crippen LogP contribution in [0, 0.1) is 0 Å². The number of halogens is 2. The number of cyclic esters (lactones) is 1. The number of aliphatic imine (C=N–C) groups is 1. The maximum Gasteiger partial charge on any atom is 0.363 e. The molecule has 3 nitrogen and oxygen atoms in total. The quantitative estimate of drug-likeness (QED) is 0.541. The molecule has 0 spiro atoms. The number of rotatable bonds is 2. The maximum atomic E-state index is 11.9. The summed E-state index contributed by atoms with van der Waals surface area (Å²) in [6, 6.07) is 15.1. The molecule has 0 saturated heterocycles. The minimum atomic E-state index is -0.437. The third kappa shape index (κ3) is 3.31. The molecule has 2 aromatic rings. The second-order valence-corrected chi connectivity index (χ2v) is 6.23. The Bertz CT molecular complexity index is 764. The highest BCUT2D eigenvalue weighted by Crippen LogP contribution is 2.21. The van der Waals surface area contributed by atoms with Gasteiger partial charge in [0, 0.05) is 14.5 Å². The summed E-state index contributed by atoms with van der Waals surface area (Å²) in [6.45, 7) is 0. The van der Waals surface area contributed by atoms with Gasteiger partial charge in [0.2, 0.25) is 5.90 Å². The molecule has 0 aromatic heterocycles. The van der Waals surface area contributed by atoms with Crippen molar-refractivity contribution in [3.63, 3.8) is 0 Å². The average molecular weight is 407 g/mol. The van der Waals surface area contributed by atoms with E-state index in [4.69, 9.17) is 4.74 Å². The minimum Gasteiger partial charge on any atom is -0.402 e. The van der Waals surface area contributed by atoms with Gasteiger partial charge >= 0.3 is 5.97 Å². The lowest BCUT2D eigenvalue weighted by molar-refractivity contribution is -0.129. The fraction of sp³-hybridized carbons (Fsp3) is 0. The third-order valence-corrected chi connectivity index (χ3v) is 3.89. The summed E-state index contributed by atoms with van der Waals surface area (Å²) in [5, 5.41) is 0. The molecule has 0 N–H and O–H groups in total. The summed E-state index contributed by atoms with van der Waals surface area (Å²) in [5.41, 5.74) is 1.95. The molecule has 2 aromatic carbocycles. The van der Waals surface area contributed by atoms with Crippen LogP contribution in [0.25, 0.3) is 6.08 Å². The van der Waals surface area contributed by atoms with Crippen LogP contribution in [-0.4, -0.2) is 11.9 Å². The van der Waals surface area contributed by atoms with Crippen molar-refractivity contribution in [2.24, 2.45) is 4.99 Å². The van der Waals surface area contributed by atoms with Crippen molar-refractivity contribution < 1.29 is 9.53 Å². The van der Waals surface area contributed by atoms with E-state index in [0.717, 1.165) is 20.1 Å². The summed E-state index contributed by atoms with van der Waals surface area (Å²) < 4.78 is 7.11. The Morgan fingerprint density at radius 3 is 2.48 bits per heavy atom. The molecule has 1 aliphatic heterocycles. The molecule has 5 heteroatoms. The van der Waals surface area contributed by atoms with E-state index in [2.05, 4.69) is 36.9 Å². The number of carbonyl (C=O) groups excluding carboxylic acids is 1. The Hall–Kier alpha value is -1.72. The van der Waals surface area contributed by atoms with Crippen LogP contribution >= 0.6 is 31.9 Å². The van der Waals surface area contributed by atoms with Crippen molar-refractivity contribution in [1.29, 1.82) is 0 Å². The van der Waals surface area contributed by atoms with Gasteiger partial charge in [-0.05, 0) is 42.0 Å². The van der Waals surface area contributed by atoms with Crippen molar-refractivity contribution >= 4 is 49.8 Å². The highest BCUT2D eigenvalue weighted by molar-refractivity contribution is 9.10. The highest BCUT2D eigenvalue weighted by atomic mass is 79.9. The van der Waals surface area contributed by atoms with Crippen molar-refractivity contribution in [1.82, 2.24) is 0 Å². The second-order valence-electron chi connectivity index (χ2n) is 4.40. The summed E-state index contributed by atoms with van der Waals surface area (Å²) in [5.74, 6) is -0.113. The maximum absolute atomic E-state index is 11.9. The topological polar surface area (TPSA) is 38.7 Å². The largest absolute Gasteiger partial charge is 0.402 e. The zero-order chi connectivity index (χ0) is 14.8. The first kappa shape index (κ1) is 14.2. The summed E-state index contributed by atoms with van der Waals surface area (Å²) >= 11 is 6.76. The molecule has 0 bridgehead atoms. The van der Waals surface area contributed by atoms with Gasteiger partial charge in [0.15, 0.2) is 5.70 Å². The van der Waals surface area contributed by atoms with Crippen LogP contribution in [-0.2, 0) is 9.53 Å². The SMILES string of the molecule is O=C1OC(c2cccc(Br)c2)=NC1=Cc1ccc(Br)cc1. The van der Waals surface area contributed by atoms with Gasteiger partial charge in [-0.1, -0.05) is 50.1 Å². The van der Waals surface area contributed by atoms with E-state index in [1.54, 1.807) is 6.08 Å². The standard InChI is InChI=1S/C16H9Br2NO2/c17-12-6-4-10(5-7-12)8-14-16(20)21-15(19-14)11-2-1-3-13(18)9-11/h1-9H. The van der Waals surface area contributed by atoms with Crippen LogP contribution in [0.5, 0.6) is 0 Å². The second kappa shape index (κ2) is 5.95. The molecule has 0 saturated carbocycles. The Kier molecular flexibility index (Phi) is 4.03. The van der Waals surface area contributed by atoms with Crippen LogP contribution in [0.2, 0.25) is 0 Å². The molecule has 0 radical (unpaired) electrons. The van der Waals surface area contributed by atoms with E-state index in [1.807, 2.05) is 48.5 Å². The van der Waals surface area contributed by atoms with E-state index >= 15 is 0 Å². The van der Waals surface area contributed by atoms with E-state index in [-0.39, 0.29) is 0 Å². The van der Waals surface area contributed by atoms with E-state index < -0.39 is 5.97 Å². The van der Waals surface area contributed by atoms with Crippen molar-refractivity contribution in [2.75, 3.05) is 0 Å². The van der Waals surface area contributed by atoms with Gasteiger partial charge in [-0.2, -0.15) is 0 Å². The molecule has 21 heavy (non-hydrogen) atoms. The number of carbonyl (C=O) groups is 1. The highest BCUT2D eigenvalue weighted by Gasteiger charge is 2.24. The molecule has 1 aliphatic rings. The van der Waals surface area contributed by atoms with E-state index in [9.17, 15) is 4.79 Å². The number of nitrogens with zero attached hydrogens (tertiary/aromatic N) is 1. The van der Waals surface area contributed by atoms with Gasteiger partial charge in [-0.25, -0.2) is 9.79 Å². The summed E-state index contributed by atoms with van der Waals surface area (Å²) in [6.07, 6.45) is 1.71. The van der Waals surface area contributed by atoms with Gasteiger partial charge in [0.05, 0.1) is 0 Å². The van der Waals surface area contributed by atoms with Gasteiger partial charge in [-0.15, -0.1) is 0 Å². The predicted octanol–water partition coefficient (Wildman–Crippen LogP) is 4.56. The zero-order valence-electron chi connectivity index (χ0n) is 10.7. The molecular weight excluding hydrogens is 398 g/mol. The van der Waals surface area contributed by atoms with Crippen molar-refractivity contribution in [2.45, 2.75) is 0 Å². The molecule has 1 heterocycles. The molecule has 0 amide bonds. The van der Waals surface area contributed by atoms with Crippen LogP contribution in [0.4, 0.5) is 0 Å².